The first kappa shape index (κ1) is 22.7. The molecule has 2 amide bonds. The maximum atomic E-state index is 13.2. The topological polar surface area (TPSA) is 58.6 Å². The zero-order valence-electron chi connectivity index (χ0n) is 17.0. The predicted molar refractivity (Wildman–Crippen MR) is 111 cm³/mol. The Bertz CT molecular complexity index is 833. The fraction of sp³-hybridized carbons (Fsp3) is 0.364. The number of hydrogen-bond donors (Lipinski definition) is 1. The van der Waals surface area contributed by atoms with E-state index in [4.69, 9.17) is 16.3 Å². The molecule has 2 aromatic carbocycles. The third-order valence-electron chi connectivity index (χ3n) is 4.11. The minimum atomic E-state index is -0.736. The number of rotatable bonds is 7. The van der Waals surface area contributed by atoms with E-state index in [1.807, 2.05) is 20.8 Å². The Labute approximate surface area is 175 Å². The van der Waals surface area contributed by atoms with Gasteiger partial charge >= 0.3 is 0 Å². The monoisotopic (exact) mass is 420 g/mol. The van der Waals surface area contributed by atoms with Gasteiger partial charge in [0.2, 0.25) is 5.91 Å². The Hall–Kier alpha value is -2.60. The summed E-state index contributed by atoms with van der Waals surface area (Å²) >= 11 is 5.85. The van der Waals surface area contributed by atoms with Crippen LogP contribution >= 0.6 is 11.6 Å². The van der Waals surface area contributed by atoms with Gasteiger partial charge in [-0.25, -0.2) is 4.39 Å². The first-order chi connectivity index (χ1) is 13.5. The van der Waals surface area contributed by atoms with Crippen molar-refractivity contribution in [1.82, 2.24) is 10.2 Å². The zero-order chi connectivity index (χ0) is 21.6. The molecule has 1 unspecified atom stereocenters. The molecule has 0 radical (unpaired) electrons. The quantitative estimate of drug-likeness (QED) is 0.730. The Morgan fingerprint density at radius 2 is 1.69 bits per heavy atom. The van der Waals surface area contributed by atoms with Crippen LogP contribution in [-0.2, 0) is 16.1 Å². The Morgan fingerprint density at radius 3 is 2.24 bits per heavy atom. The van der Waals surface area contributed by atoms with Crippen LogP contribution in [0.5, 0.6) is 5.75 Å². The number of carbonyl (C=O) groups is 2. The van der Waals surface area contributed by atoms with Gasteiger partial charge in [-0.1, -0.05) is 23.7 Å². The van der Waals surface area contributed by atoms with Crippen LogP contribution in [-0.4, -0.2) is 34.9 Å². The molecule has 0 aliphatic heterocycles. The summed E-state index contributed by atoms with van der Waals surface area (Å²) in [5.74, 6) is -0.507. The van der Waals surface area contributed by atoms with Crippen LogP contribution in [0.2, 0.25) is 5.02 Å². The summed E-state index contributed by atoms with van der Waals surface area (Å²) in [6, 6.07) is 11.7. The van der Waals surface area contributed by atoms with Gasteiger partial charge in [0.15, 0.2) is 6.61 Å². The second-order valence-corrected chi connectivity index (χ2v) is 8.24. The van der Waals surface area contributed by atoms with E-state index in [-0.39, 0.29) is 30.8 Å². The third kappa shape index (κ3) is 7.38. The van der Waals surface area contributed by atoms with Gasteiger partial charge in [0.05, 0.1) is 0 Å². The summed E-state index contributed by atoms with van der Waals surface area (Å²) in [6.07, 6.45) is 0. The standard InChI is InChI=1S/C22H26ClFN2O3/c1-15(21(28)25-22(2,3)4)26(13-16-5-9-18(24)10-6-16)20(27)14-29-19-11-7-17(23)8-12-19/h5-12,15H,13-14H2,1-4H3,(H,25,28). The molecule has 0 fully saturated rings. The van der Waals surface area contributed by atoms with E-state index in [2.05, 4.69) is 5.32 Å². The van der Waals surface area contributed by atoms with E-state index in [9.17, 15) is 14.0 Å². The highest BCUT2D eigenvalue weighted by atomic mass is 35.5. The smallest absolute Gasteiger partial charge is 0.261 e. The Morgan fingerprint density at radius 1 is 1.10 bits per heavy atom. The van der Waals surface area contributed by atoms with E-state index in [0.717, 1.165) is 0 Å². The van der Waals surface area contributed by atoms with Crippen LogP contribution in [0.3, 0.4) is 0 Å². The van der Waals surface area contributed by atoms with Gasteiger partial charge in [-0.2, -0.15) is 0 Å². The van der Waals surface area contributed by atoms with E-state index >= 15 is 0 Å². The molecule has 156 valence electrons. The summed E-state index contributed by atoms with van der Waals surface area (Å²) in [5.41, 5.74) is 0.275. The lowest BCUT2D eigenvalue weighted by molar-refractivity contribution is -0.142. The largest absolute Gasteiger partial charge is 0.484 e. The highest BCUT2D eigenvalue weighted by molar-refractivity contribution is 6.30. The zero-order valence-corrected chi connectivity index (χ0v) is 17.8. The molecule has 0 bridgehead atoms. The summed E-state index contributed by atoms with van der Waals surface area (Å²) in [7, 11) is 0. The van der Waals surface area contributed by atoms with Gasteiger partial charge in [0, 0.05) is 17.1 Å². The van der Waals surface area contributed by atoms with Crippen molar-refractivity contribution in [3.05, 3.63) is 64.9 Å². The van der Waals surface area contributed by atoms with Gasteiger partial charge < -0.3 is 15.0 Å². The lowest BCUT2D eigenvalue weighted by Gasteiger charge is -2.31. The fourth-order valence-electron chi connectivity index (χ4n) is 2.60. The SMILES string of the molecule is CC(C(=O)NC(C)(C)C)N(Cc1ccc(F)cc1)C(=O)COc1ccc(Cl)cc1. The molecule has 0 aromatic heterocycles. The van der Waals surface area contributed by atoms with Crippen molar-refractivity contribution in [2.24, 2.45) is 0 Å². The van der Waals surface area contributed by atoms with Gasteiger partial charge in [-0.05, 0) is 69.7 Å². The van der Waals surface area contributed by atoms with Crippen LogP contribution in [0.25, 0.3) is 0 Å². The first-order valence-electron chi connectivity index (χ1n) is 9.29. The molecule has 0 spiro atoms. The van der Waals surface area contributed by atoms with Gasteiger partial charge in [0.1, 0.15) is 17.6 Å². The van der Waals surface area contributed by atoms with E-state index < -0.39 is 11.6 Å². The number of nitrogens with one attached hydrogen (secondary N) is 1. The lowest BCUT2D eigenvalue weighted by Crippen LogP contribution is -2.53. The molecule has 5 nitrogen and oxygen atoms in total. The Kier molecular flexibility index (Phi) is 7.62. The van der Waals surface area contributed by atoms with E-state index in [0.29, 0.717) is 16.3 Å². The summed E-state index contributed by atoms with van der Waals surface area (Å²) < 4.78 is 18.8. The minimum absolute atomic E-state index is 0.155. The van der Waals surface area contributed by atoms with Crippen LogP contribution < -0.4 is 10.1 Å². The second-order valence-electron chi connectivity index (χ2n) is 7.81. The normalized spacial score (nSPS) is 12.2. The second kappa shape index (κ2) is 9.74. The molecule has 7 heteroatoms. The summed E-state index contributed by atoms with van der Waals surface area (Å²) in [4.78, 5) is 26.9. The molecule has 2 rings (SSSR count). The van der Waals surface area contributed by atoms with Crippen LogP contribution in [0.15, 0.2) is 48.5 Å². The molecular weight excluding hydrogens is 395 g/mol. The van der Waals surface area contributed by atoms with Gasteiger partial charge in [0.25, 0.3) is 5.91 Å². The van der Waals surface area contributed by atoms with Crippen LogP contribution in [0, 0.1) is 5.82 Å². The Balaban J connectivity index is 2.15. The fourth-order valence-corrected chi connectivity index (χ4v) is 2.73. The van der Waals surface area contributed by atoms with Crippen molar-refractivity contribution >= 4 is 23.4 Å². The van der Waals surface area contributed by atoms with Gasteiger partial charge in [-0.3, -0.25) is 9.59 Å². The first-order valence-corrected chi connectivity index (χ1v) is 9.67. The average Bonchev–Trinajstić information content (AvgIpc) is 2.65. The molecule has 1 atom stereocenters. The van der Waals surface area contributed by atoms with Crippen LogP contribution in [0.4, 0.5) is 4.39 Å². The predicted octanol–water partition coefficient (Wildman–Crippen LogP) is 4.19. The molecule has 0 heterocycles. The van der Waals surface area contributed by atoms with Crippen molar-refractivity contribution in [3.63, 3.8) is 0 Å². The molecule has 2 aromatic rings. The molecule has 0 saturated carbocycles. The maximum Gasteiger partial charge on any atom is 0.261 e. The highest BCUT2D eigenvalue weighted by Crippen LogP contribution is 2.17. The summed E-state index contributed by atoms with van der Waals surface area (Å²) in [6.45, 7) is 7.18. The molecular formula is C22H26ClFN2O3. The molecule has 1 N–H and O–H groups in total. The van der Waals surface area contributed by atoms with E-state index in [1.165, 1.54) is 17.0 Å². The molecule has 0 saturated heterocycles. The van der Waals surface area contributed by atoms with Gasteiger partial charge in [-0.15, -0.1) is 0 Å². The summed E-state index contributed by atoms with van der Waals surface area (Å²) in [5, 5.41) is 3.44. The van der Waals surface area contributed by atoms with Crippen molar-refractivity contribution in [2.75, 3.05) is 6.61 Å². The molecule has 0 aliphatic carbocycles. The molecule has 29 heavy (non-hydrogen) atoms. The number of ether oxygens (including phenoxy) is 1. The van der Waals surface area contributed by atoms with Crippen molar-refractivity contribution in [2.45, 2.75) is 45.8 Å². The van der Waals surface area contributed by atoms with Crippen molar-refractivity contribution in [1.29, 1.82) is 0 Å². The number of hydrogen-bond acceptors (Lipinski definition) is 3. The average molecular weight is 421 g/mol. The number of halogens is 2. The van der Waals surface area contributed by atoms with Crippen molar-refractivity contribution in [3.8, 4) is 5.75 Å². The molecule has 0 aliphatic rings. The number of amides is 2. The minimum Gasteiger partial charge on any atom is -0.484 e. The lowest BCUT2D eigenvalue weighted by atomic mass is 10.1. The maximum absolute atomic E-state index is 13.2. The number of carbonyl (C=O) groups excluding carboxylic acids is 2. The number of nitrogens with zero attached hydrogens (tertiary/aromatic N) is 1. The third-order valence-corrected chi connectivity index (χ3v) is 4.36. The van der Waals surface area contributed by atoms with Crippen molar-refractivity contribution < 1.29 is 18.7 Å². The van der Waals surface area contributed by atoms with Crippen LogP contribution in [0.1, 0.15) is 33.3 Å². The highest BCUT2D eigenvalue weighted by Gasteiger charge is 2.28. The number of benzene rings is 2. The van der Waals surface area contributed by atoms with E-state index in [1.54, 1.807) is 43.3 Å².